The van der Waals surface area contributed by atoms with E-state index in [0.717, 1.165) is 57.6 Å². The summed E-state index contributed by atoms with van der Waals surface area (Å²) in [4.78, 5) is 30.7. The molecule has 6 rings (SSSR count). The van der Waals surface area contributed by atoms with Crippen molar-refractivity contribution in [3.05, 3.63) is 53.6 Å². The molecule has 212 valence electrons. The number of fused-ring (bicyclic) bond motifs is 5. The molecule has 1 amide bonds. The van der Waals surface area contributed by atoms with Crippen molar-refractivity contribution < 1.29 is 14.7 Å². The molecule has 2 aliphatic heterocycles. The molecule has 0 radical (unpaired) electrons. The van der Waals surface area contributed by atoms with Crippen LogP contribution in [-0.4, -0.2) is 77.2 Å². The minimum absolute atomic E-state index is 0.182. The normalized spacial score (nSPS) is 18.6. The van der Waals surface area contributed by atoms with Crippen molar-refractivity contribution in [1.82, 2.24) is 14.4 Å². The van der Waals surface area contributed by atoms with Gasteiger partial charge in [0.25, 0.3) is 0 Å². The minimum Gasteiger partial charge on any atom is -0.478 e. The van der Waals surface area contributed by atoms with Crippen molar-refractivity contribution in [2.45, 2.75) is 70.4 Å². The maximum Gasteiger partial charge on any atom is 0.335 e. The van der Waals surface area contributed by atoms with Crippen LogP contribution in [0.5, 0.6) is 0 Å². The van der Waals surface area contributed by atoms with Crippen molar-refractivity contribution in [3.63, 3.8) is 0 Å². The third-order valence-corrected chi connectivity index (χ3v) is 9.71. The average molecular weight is 543 g/mol. The molecule has 1 aromatic heterocycles. The maximum atomic E-state index is 11.9. The maximum absolute atomic E-state index is 11.9. The van der Waals surface area contributed by atoms with E-state index in [9.17, 15) is 14.7 Å². The van der Waals surface area contributed by atoms with Gasteiger partial charge in [-0.25, -0.2) is 4.79 Å². The fourth-order valence-electron chi connectivity index (χ4n) is 7.44. The topological polar surface area (TPSA) is 69.0 Å². The number of piperidine rings is 1. The largest absolute Gasteiger partial charge is 0.478 e. The number of likely N-dealkylation sites (N-methyl/N-ethyl adjacent to an activating group) is 1. The minimum atomic E-state index is -0.871. The van der Waals surface area contributed by atoms with Gasteiger partial charge in [0.1, 0.15) is 0 Å². The van der Waals surface area contributed by atoms with Gasteiger partial charge in [0, 0.05) is 74.4 Å². The molecule has 0 unspecified atom stereocenters. The second-order valence-electron chi connectivity index (χ2n) is 12.0. The number of para-hydroxylation sites is 1. The van der Waals surface area contributed by atoms with Gasteiger partial charge in [0.2, 0.25) is 5.91 Å². The number of benzene rings is 2. The summed E-state index contributed by atoms with van der Waals surface area (Å²) >= 11 is 0. The quantitative estimate of drug-likeness (QED) is 0.425. The van der Waals surface area contributed by atoms with Crippen LogP contribution < -0.4 is 4.90 Å². The molecule has 0 atom stereocenters. The van der Waals surface area contributed by atoms with E-state index >= 15 is 0 Å². The summed E-state index contributed by atoms with van der Waals surface area (Å²) in [7, 11) is 2.23. The van der Waals surface area contributed by atoms with Crippen molar-refractivity contribution >= 4 is 28.5 Å². The highest BCUT2D eigenvalue weighted by Crippen LogP contribution is 2.47. The van der Waals surface area contributed by atoms with Crippen molar-refractivity contribution in [2.24, 2.45) is 0 Å². The number of carbonyl (C=O) groups is 2. The number of carboxylic acid groups (broad SMARTS) is 1. The van der Waals surface area contributed by atoms with Crippen LogP contribution in [0.25, 0.3) is 22.2 Å². The van der Waals surface area contributed by atoms with Gasteiger partial charge in [-0.1, -0.05) is 43.5 Å². The molecule has 40 heavy (non-hydrogen) atoms. The third-order valence-electron chi connectivity index (χ3n) is 9.71. The summed E-state index contributed by atoms with van der Waals surface area (Å²) in [5.74, 6) is -0.180. The summed E-state index contributed by atoms with van der Waals surface area (Å²) in [6.07, 6.45) is 8.28. The summed E-state index contributed by atoms with van der Waals surface area (Å²) in [5.41, 5.74) is 6.68. The Morgan fingerprint density at radius 2 is 1.70 bits per heavy atom. The lowest BCUT2D eigenvalue weighted by atomic mass is 9.81. The zero-order valence-corrected chi connectivity index (χ0v) is 23.9. The first kappa shape index (κ1) is 26.9. The van der Waals surface area contributed by atoms with Gasteiger partial charge in [0.05, 0.1) is 11.3 Å². The van der Waals surface area contributed by atoms with Gasteiger partial charge in [-0.05, 0) is 62.4 Å². The molecule has 3 aliphatic rings. The van der Waals surface area contributed by atoms with E-state index in [1.54, 1.807) is 13.0 Å². The lowest BCUT2D eigenvalue weighted by molar-refractivity contribution is -0.130. The number of aromatic nitrogens is 1. The Kier molecular flexibility index (Phi) is 7.58. The van der Waals surface area contributed by atoms with Gasteiger partial charge in [-0.2, -0.15) is 0 Å². The molecule has 2 aromatic carbocycles. The van der Waals surface area contributed by atoms with Gasteiger partial charge < -0.3 is 24.4 Å². The summed E-state index contributed by atoms with van der Waals surface area (Å²) < 4.78 is 2.42. The predicted molar refractivity (Wildman–Crippen MR) is 160 cm³/mol. The van der Waals surface area contributed by atoms with E-state index in [-0.39, 0.29) is 5.91 Å². The Morgan fingerprint density at radius 3 is 2.42 bits per heavy atom. The molecule has 2 fully saturated rings. The van der Waals surface area contributed by atoms with Crippen LogP contribution >= 0.6 is 0 Å². The predicted octanol–water partition coefficient (Wildman–Crippen LogP) is 5.82. The lowest BCUT2D eigenvalue weighted by Crippen LogP contribution is -2.46. The number of anilines is 1. The van der Waals surface area contributed by atoms with Crippen LogP contribution in [0.2, 0.25) is 0 Å². The third kappa shape index (κ3) is 5.00. The van der Waals surface area contributed by atoms with Crippen LogP contribution in [0.1, 0.15) is 73.7 Å². The Hall–Kier alpha value is -3.32. The van der Waals surface area contributed by atoms with Crippen molar-refractivity contribution in [2.75, 3.05) is 44.7 Å². The SMILES string of the molecule is CC(=O)N1CCC(N(C)CCN2CCn3c(c(C4CCCCC4)c4ccc(C(=O)O)cc43)-c3ccccc32)CC1. The molecule has 1 N–H and O–H groups in total. The van der Waals surface area contributed by atoms with Gasteiger partial charge in [-0.15, -0.1) is 0 Å². The molecule has 7 heteroatoms. The molecular weight excluding hydrogens is 500 g/mol. The number of carbonyl (C=O) groups excluding carboxylic acids is 1. The number of rotatable bonds is 6. The lowest BCUT2D eigenvalue weighted by Gasteiger charge is -2.37. The molecule has 1 aliphatic carbocycles. The molecule has 7 nitrogen and oxygen atoms in total. The standard InChI is InChI=1S/C33H42N4O3/c1-23(38)35-16-14-26(15-17-35)34(2)18-19-36-20-21-37-30-22-25(33(39)40)12-13-27(30)31(24-8-4-3-5-9-24)32(37)28-10-6-7-11-29(28)36/h6-7,10-13,22,24,26H,3-5,8-9,14-21H2,1-2H3,(H,39,40). The Morgan fingerprint density at radius 1 is 0.950 bits per heavy atom. The number of hydrogen-bond donors (Lipinski definition) is 1. The summed E-state index contributed by atoms with van der Waals surface area (Å²) in [5, 5.41) is 11.0. The number of aromatic carboxylic acids is 1. The second-order valence-corrected chi connectivity index (χ2v) is 12.0. The number of hydrogen-bond acceptors (Lipinski definition) is 4. The smallest absolute Gasteiger partial charge is 0.335 e. The molecule has 1 saturated heterocycles. The highest BCUT2D eigenvalue weighted by Gasteiger charge is 2.31. The zero-order valence-electron chi connectivity index (χ0n) is 23.9. The fourth-order valence-corrected chi connectivity index (χ4v) is 7.44. The second kappa shape index (κ2) is 11.3. The molecule has 0 spiro atoms. The Balaban J connectivity index is 1.33. The van der Waals surface area contributed by atoms with Crippen LogP contribution in [0, 0.1) is 0 Å². The van der Waals surface area contributed by atoms with Crippen LogP contribution in [0.3, 0.4) is 0 Å². The zero-order chi connectivity index (χ0) is 27.8. The summed E-state index contributed by atoms with van der Waals surface area (Å²) in [6, 6.07) is 15.1. The molecule has 3 aromatic rings. The molecular formula is C33H42N4O3. The molecule has 3 heterocycles. The van der Waals surface area contributed by atoms with Gasteiger partial charge >= 0.3 is 5.97 Å². The van der Waals surface area contributed by atoms with Crippen LogP contribution in [-0.2, 0) is 11.3 Å². The number of carboxylic acids is 1. The van der Waals surface area contributed by atoms with Crippen LogP contribution in [0.4, 0.5) is 5.69 Å². The van der Waals surface area contributed by atoms with Gasteiger partial charge in [0.15, 0.2) is 0 Å². The Bertz CT molecular complexity index is 1400. The van der Waals surface area contributed by atoms with E-state index in [2.05, 4.69) is 51.7 Å². The monoisotopic (exact) mass is 542 g/mol. The van der Waals surface area contributed by atoms with E-state index in [0.29, 0.717) is 17.5 Å². The highest BCUT2D eigenvalue weighted by atomic mass is 16.4. The molecule has 1 saturated carbocycles. The first-order chi connectivity index (χ1) is 19.4. The number of amides is 1. The average Bonchev–Trinajstić information content (AvgIpc) is 3.21. The van der Waals surface area contributed by atoms with E-state index in [4.69, 9.17) is 0 Å². The van der Waals surface area contributed by atoms with Crippen molar-refractivity contribution in [3.8, 4) is 11.3 Å². The van der Waals surface area contributed by atoms with Crippen LogP contribution in [0.15, 0.2) is 42.5 Å². The number of nitrogens with zero attached hydrogens (tertiary/aromatic N) is 4. The van der Waals surface area contributed by atoms with Crippen molar-refractivity contribution in [1.29, 1.82) is 0 Å². The van der Waals surface area contributed by atoms with E-state index in [1.807, 2.05) is 11.0 Å². The van der Waals surface area contributed by atoms with E-state index < -0.39 is 5.97 Å². The first-order valence-corrected chi connectivity index (χ1v) is 15.1. The number of likely N-dealkylation sites (tertiary alicyclic amines) is 1. The fraction of sp³-hybridized carbons (Fsp3) is 0.515. The summed E-state index contributed by atoms with van der Waals surface area (Å²) in [6.45, 7) is 6.98. The first-order valence-electron chi connectivity index (χ1n) is 15.1. The highest BCUT2D eigenvalue weighted by molar-refractivity contribution is 5.99. The van der Waals surface area contributed by atoms with Gasteiger partial charge in [-0.3, -0.25) is 4.79 Å². The Labute approximate surface area is 237 Å². The molecule has 0 bridgehead atoms. The van der Waals surface area contributed by atoms with E-state index in [1.165, 1.54) is 60.0 Å².